The summed E-state index contributed by atoms with van der Waals surface area (Å²) in [6.45, 7) is 0. The summed E-state index contributed by atoms with van der Waals surface area (Å²) in [7, 11) is 1.44. The van der Waals surface area contributed by atoms with Crippen LogP contribution in [0.3, 0.4) is 0 Å². The molecule has 78 valence electrons. The van der Waals surface area contributed by atoms with Crippen LogP contribution < -0.4 is 0 Å². The van der Waals surface area contributed by atoms with Gasteiger partial charge in [-0.3, -0.25) is 4.79 Å². The molecule has 15 heavy (non-hydrogen) atoms. The van der Waals surface area contributed by atoms with Gasteiger partial charge in [0.15, 0.2) is 5.76 Å². The molecule has 0 fully saturated rings. The van der Waals surface area contributed by atoms with E-state index in [-0.39, 0.29) is 17.5 Å². The zero-order chi connectivity index (χ0) is 11.0. The Morgan fingerprint density at radius 3 is 2.27 bits per heavy atom. The number of allylic oxidation sites excluding steroid dienone is 2. The summed E-state index contributed by atoms with van der Waals surface area (Å²) < 4.78 is 4.86. The molecule has 0 aromatic heterocycles. The fourth-order valence-electron chi connectivity index (χ4n) is 1.57. The van der Waals surface area contributed by atoms with E-state index in [9.17, 15) is 4.79 Å². The van der Waals surface area contributed by atoms with Crippen molar-refractivity contribution in [3.8, 4) is 0 Å². The Kier molecular flexibility index (Phi) is 2.72. The number of carbonyl (C=O) groups is 1. The van der Waals surface area contributed by atoms with E-state index in [0.29, 0.717) is 10.1 Å². The molecule has 1 aromatic carbocycles. The van der Waals surface area contributed by atoms with Crippen LogP contribution in [0.1, 0.15) is 11.5 Å². The van der Waals surface area contributed by atoms with Gasteiger partial charge < -0.3 is 4.74 Å². The smallest absolute Gasteiger partial charge is 0.211 e. The molecule has 1 atom stereocenters. The SMILES string of the molecule is COC1=C(Cl)C(c2ccc(Cl)cc2)C1=O. The van der Waals surface area contributed by atoms with Crippen molar-refractivity contribution in [1.82, 2.24) is 0 Å². The molecule has 2 rings (SSSR count). The number of Topliss-reactive ketones (excluding diaryl/α,β-unsaturated/α-hetero) is 1. The van der Waals surface area contributed by atoms with Gasteiger partial charge in [-0.15, -0.1) is 0 Å². The first kappa shape index (κ1) is 10.5. The molecule has 1 aromatic rings. The molecule has 0 bridgehead atoms. The van der Waals surface area contributed by atoms with Gasteiger partial charge in [0.2, 0.25) is 5.78 Å². The summed E-state index contributed by atoms with van der Waals surface area (Å²) in [5.41, 5.74) is 0.843. The minimum Gasteiger partial charge on any atom is -0.492 e. The van der Waals surface area contributed by atoms with E-state index in [0.717, 1.165) is 5.56 Å². The molecule has 0 spiro atoms. The van der Waals surface area contributed by atoms with Crippen molar-refractivity contribution in [2.24, 2.45) is 0 Å². The summed E-state index contributed by atoms with van der Waals surface area (Å²) >= 11 is 11.7. The minimum atomic E-state index is -0.376. The summed E-state index contributed by atoms with van der Waals surface area (Å²) in [4.78, 5) is 11.6. The fraction of sp³-hybridized carbons (Fsp3) is 0.182. The second kappa shape index (κ2) is 3.87. The number of carbonyl (C=O) groups excluding carboxylic acids is 1. The highest BCUT2D eigenvalue weighted by molar-refractivity contribution is 6.39. The maximum Gasteiger partial charge on any atom is 0.211 e. The van der Waals surface area contributed by atoms with Crippen LogP contribution in [0.4, 0.5) is 0 Å². The van der Waals surface area contributed by atoms with E-state index in [1.165, 1.54) is 7.11 Å². The molecule has 1 aliphatic rings. The summed E-state index contributed by atoms with van der Waals surface area (Å²) in [5.74, 6) is -0.194. The molecule has 0 saturated carbocycles. The monoisotopic (exact) mass is 242 g/mol. The van der Waals surface area contributed by atoms with Crippen LogP contribution in [0.15, 0.2) is 35.1 Å². The Balaban J connectivity index is 2.32. The second-order valence-corrected chi connectivity index (χ2v) is 4.07. The van der Waals surface area contributed by atoms with Crippen molar-refractivity contribution in [1.29, 1.82) is 0 Å². The van der Waals surface area contributed by atoms with Crippen molar-refractivity contribution in [3.63, 3.8) is 0 Å². The fourth-order valence-corrected chi connectivity index (χ4v) is 2.09. The van der Waals surface area contributed by atoms with E-state index >= 15 is 0 Å². The largest absolute Gasteiger partial charge is 0.492 e. The Morgan fingerprint density at radius 2 is 1.80 bits per heavy atom. The highest BCUT2D eigenvalue weighted by Gasteiger charge is 2.40. The van der Waals surface area contributed by atoms with Gasteiger partial charge >= 0.3 is 0 Å². The maximum absolute atomic E-state index is 11.6. The van der Waals surface area contributed by atoms with Gasteiger partial charge in [-0.1, -0.05) is 35.3 Å². The third-order valence-electron chi connectivity index (χ3n) is 2.36. The molecule has 0 heterocycles. The lowest BCUT2D eigenvalue weighted by Gasteiger charge is -2.26. The lowest BCUT2D eigenvalue weighted by molar-refractivity contribution is -0.121. The van der Waals surface area contributed by atoms with E-state index in [2.05, 4.69) is 0 Å². The number of hydrogen-bond donors (Lipinski definition) is 0. The number of ether oxygens (including phenoxy) is 1. The Bertz CT molecular complexity index is 434. The van der Waals surface area contributed by atoms with Gasteiger partial charge in [-0.05, 0) is 17.7 Å². The van der Waals surface area contributed by atoms with Crippen molar-refractivity contribution >= 4 is 29.0 Å². The van der Waals surface area contributed by atoms with Crippen LogP contribution in [0, 0.1) is 0 Å². The molecule has 2 nitrogen and oxygen atoms in total. The molecule has 0 aliphatic heterocycles. The topological polar surface area (TPSA) is 26.3 Å². The highest BCUT2D eigenvalue weighted by Crippen LogP contribution is 2.42. The van der Waals surface area contributed by atoms with Crippen molar-refractivity contribution in [3.05, 3.63) is 45.6 Å². The summed E-state index contributed by atoms with van der Waals surface area (Å²) in [5, 5.41) is 1.10. The van der Waals surface area contributed by atoms with Gasteiger partial charge in [-0.25, -0.2) is 0 Å². The van der Waals surface area contributed by atoms with Crippen molar-refractivity contribution < 1.29 is 9.53 Å². The zero-order valence-corrected chi connectivity index (χ0v) is 9.47. The third kappa shape index (κ3) is 1.64. The lowest BCUT2D eigenvalue weighted by Crippen LogP contribution is -2.27. The molecule has 0 radical (unpaired) electrons. The maximum atomic E-state index is 11.6. The highest BCUT2D eigenvalue weighted by atomic mass is 35.5. The van der Waals surface area contributed by atoms with Gasteiger partial charge in [-0.2, -0.15) is 0 Å². The van der Waals surface area contributed by atoms with E-state index < -0.39 is 0 Å². The second-order valence-electron chi connectivity index (χ2n) is 3.23. The number of benzene rings is 1. The number of ketones is 1. The van der Waals surface area contributed by atoms with Crippen LogP contribution in [0.25, 0.3) is 0 Å². The molecule has 1 aliphatic carbocycles. The Labute approximate surface area is 97.4 Å². The molecule has 1 unspecified atom stereocenters. The minimum absolute atomic E-state index is 0.0789. The number of halogens is 2. The summed E-state index contributed by atoms with van der Waals surface area (Å²) in [6.07, 6.45) is 0. The van der Waals surface area contributed by atoms with E-state index in [4.69, 9.17) is 27.9 Å². The zero-order valence-electron chi connectivity index (χ0n) is 7.96. The third-order valence-corrected chi connectivity index (χ3v) is 3.01. The van der Waals surface area contributed by atoms with Gasteiger partial charge in [0.1, 0.15) is 0 Å². The predicted octanol–water partition coefficient (Wildman–Crippen LogP) is 3.10. The number of methoxy groups -OCH3 is 1. The molecule has 0 saturated heterocycles. The molecular formula is C11H8Cl2O2. The average Bonchev–Trinajstić information content (AvgIpc) is 2.22. The van der Waals surface area contributed by atoms with Crippen LogP contribution >= 0.6 is 23.2 Å². The first-order valence-corrected chi connectivity index (χ1v) is 5.14. The average molecular weight is 243 g/mol. The number of rotatable bonds is 2. The Morgan fingerprint density at radius 1 is 1.20 bits per heavy atom. The standard InChI is InChI=1S/C11H8Cl2O2/c1-15-11-9(13)8(10(11)14)6-2-4-7(12)5-3-6/h2-5,8H,1H3. The number of hydrogen-bond acceptors (Lipinski definition) is 2. The first-order valence-electron chi connectivity index (χ1n) is 4.38. The van der Waals surface area contributed by atoms with E-state index in [1.807, 2.05) is 0 Å². The van der Waals surface area contributed by atoms with Gasteiger partial charge in [0.05, 0.1) is 18.1 Å². The first-order chi connectivity index (χ1) is 7.15. The quantitative estimate of drug-likeness (QED) is 0.797. The molecular weight excluding hydrogens is 235 g/mol. The molecule has 0 N–H and O–H groups in total. The van der Waals surface area contributed by atoms with Gasteiger partial charge in [0, 0.05) is 5.02 Å². The van der Waals surface area contributed by atoms with Crippen molar-refractivity contribution in [2.75, 3.05) is 7.11 Å². The van der Waals surface area contributed by atoms with Crippen LogP contribution in [-0.2, 0) is 9.53 Å². The molecule has 0 amide bonds. The lowest BCUT2D eigenvalue weighted by atomic mass is 9.84. The summed E-state index contributed by atoms with van der Waals surface area (Å²) in [6, 6.07) is 7.05. The van der Waals surface area contributed by atoms with Crippen molar-refractivity contribution in [2.45, 2.75) is 5.92 Å². The van der Waals surface area contributed by atoms with E-state index in [1.54, 1.807) is 24.3 Å². The molecule has 4 heteroatoms. The predicted molar refractivity (Wildman–Crippen MR) is 59.1 cm³/mol. The van der Waals surface area contributed by atoms with Crippen LogP contribution in [0.5, 0.6) is 0 Å². The van der Waals surface area contributed by atoms with Gasteiger partial charge in [0.25, 0.3) is 0 Å². The van der Waals surface area contributed by atoms with Crippen LogP contribution in [-0.4, -0.2) is 12.9 Å². The Hall–Kier alpha value is -0.990. The normalized spacial score (nSPS) is 20.2. The van der Waals surface area contributed by atoms with Crippen LogP contribution in [0.2, 0.25) is 5.02 Å².